The zero-order chi connectivity index (χ0) is 24.1. The summed E-state index contributed by atoms with van der Waals surface area (Å²) >= 11 is 0. The van der Waals surface area contributed by atoms with Gasteiger partial charge in [0.25, 0.3) is 11.7 Å². The number of halogens is 4. The van der Waals surface area contributed by atoms with Crippen molar-refractivity contribution in [3.05, 3.63) is 39.7 Å². The molecule has 3 rings (SSSR count). The van der Waals surface area contributed by atoms with Crippen LogP contribution < -0.4 is 5.32 Å². The number of ether oxygens (including phenoxy) is 3. The number of non-ortho nitro benzene ring substituents is 1. The number of alkyl carbamates (subject to hydrolysis) is 1. The first kappa shape index (κ1) is 23.7. The van der Waals surface area contributed by atoms with Crippen LogP contribution in [0.25, 0.3) is 0 Å². The van der Waals surface area contributed by atoms with Gasteiger partial charge in [-0.05, 0) is 33.8 Å². The molecule has 2 aliphatic heterocycles. The molecule has 0 saturated carbocycles. The quantitative estimate of drug-likeness (QED) is 0.406. The number of hydrogen-bond acceptors (Lipinski definition) is 7. The normalized spacial score (nSPS) is 27.8. The molecule has 1 amide bonds. The van der Waals surface area contributed by atoms with Crippen LogP contribution in [0.5, 0.6) is 0 Å². The second kappa shape index (κ2) is 7.87. The van der Waals surface area contributed by atoms with Crippen LogP contribution in [0.4, 0.5) is 28.0 Å². The topological polar surface area (TPSA) is 112 Å². The summed E-state index contributed by atoms with van der Waals surface area (Å²) < 4.78 is 72.1. The SMILES string of the molecule is CC1OCC2(c3cc([N+](=O)[O-])ccc3F)N=C(NC(=O)OC(C)(C)C)O[C@H](C(F)(F)F)C12. The van der Waals surface area contributed by atoms with Crippen LogP contribution >= 0.6 is 0 Å². The Kier molecular flexibility index (Phi) is 5.83. The number of rotatable bonds is 2. The molecule has 4 atom stereocenters. The first-order chi connectivity index (χ1) is 14.6. The molecule has 2 heterocycles. The molecule has 1 aromatic rings. The van der Waals surface area contributed by atoms with Gasteiger partial charge in [-0.15, -0.1) is 0 Å². The summed E-state index contributed by atoms with van der Waals surface area (Å²) in [5.41, 5.74) is -4.03. The van der Waals surface area contributed by atoms with Crippen LogP contribution in [0.3, 0.4) is 0 Å². The third kappa shape index (κ3) is 4.47. The lowest BCUT2D eigenvalue weighted by molar-refractivity contribution is -0.385. The zero-order valence-electron chi connectivity index (χ0n) is 17.5. The Morgan fingerprint density at radius 3 is 2.56 bits per heavy atom. The molecule has 9 nitrogen and oxygen atoms in total. The van der Waals surface area contributed by atoms with Crippen LogP contribution in [-0.2, 0) is 19.7 Å². The highest BCUT2D eigenvalue weighted by Gasteiger charge is 2.64. The lowest BCUT2D eigenvalue weighted by Gasteiger charge is -2.41. The van der Waals surface area contributed by atoms with Crippen LogP contribution in [-0.4, -0.2) is 47.6 Å². The predicted octanol–water partition coefficient (Wildman–Crippen LogP) is 3.81. The van der Waals surface area contributed by atoms with E-state index < -0.39 is 76.2 Å². The number of aliphatic imine (C=N–C) groups is 1. The first-order valence-electron chi connectivity index (χ1n) is 9.53. The van der Waals surface area contributed by atoms with Gasteiger partial charge in [0.2, 0.25) is 6.10 Å². The lowest BCUT2D eigenvalue weighted by atomic mass is 9.74. The first-order valence-corrected chi connectivity index (χ1v) is 9.53. The zero-order valence-corrected chi connectivity index (χ0v) is 17.5. The van der Waals surface area contributed by atoms with Crippen LogP contribution in [0.15, 0.2) is 23.2 Å². The van der Waals surface area contributed by atoms with E-state index in [1.165, 1.54) is 27.7 Å². The highest BCUT2D eigenvalue weighted by Crippen LogP contribution is 2.52. The molecule has 0 radical (unpaired) electrons. The molecule has 0 spiro atoms. The maximum atomic E-state index is 14.8. The number of alkyl halides is 3. The summed E-state index contributed by atoms with van der Waals surface area (Å²) in [6, 6.07) is 1.61. The van der Waals surface area contributed by atoms with Crippen molar-refractivity contribution in [1.29, 1.82) is 0 Å². The molecule has 1 saturated heterocycles. The van der Waals surface area contributed by atoms with Gasteiger partial charge in [-0.25, -0.2) is 19.5 Å². The van der Waals surface area contributed by atoms with Gasteiger partial charge in [0.15, 0.2) is 0 Å². The average molecular weight is 463 g/mol. The highest BCUT2D eigenvalue weighted by molar-refractivity contribution is 5.91. The minimum absolute atomic E-state index is 0.470. The van der Waals surface area contributed by atoms with Crippen molar-refractivity contribution < 1.29 is 41.5 Å². The maximum absolute atomic E-state index is 14.8. The molecule has 32 heavy (non-hydrogen) atoms. The molecule has 176 valence electrons. The molecule has 2 aliphatic rings. The van der Waals surface area contributed by atoms with Gasteiger partial charge >= 0.3 is 12.3 Å². The summed E-state index contributed by atoms with van der Waals surface area (Å²) in [5, 5.41) is 13.2. The Morgan fingerprint density at radius 1 is 1.34 bits per heavy atom. The van der Waals surface area contributed by atoms with E-state index in [0.717, 1.165) is 18.2 Å². The number of benzene rings is 1. The summed E-state index contributed by atoms with van der Waals surface area (Å²) in [7, 11) is 0. The molecule has 0 aliphatic carbocycles. The van der Waals surface area contributed by atoms with Gasteiger partial charge in [0, 0.05) is 17.7 Å². The number of nitro groups is 1. The predicted molar refractivity (Wildman–Crippen MR) is 101 cm³/mol. The van der Waals surface area contributed by atoms with E-state index in [0.29, 0.717) is 0 Å². The van der Waals surface area contributed by atoms with Gasteiger partial charge in [0.05, 0.1) is 23.6 Å². The van der Waals surface area contributed by atoms with Gasteiger partial charge in [-0.3, -0.25) is 10.1 Å². The molecule has 0 bridgehead atoms. The van der Waals surface area contributed by atoms with E-state index in [9.17, 15) is 32.5 Å². The Balaban J connectivity index is 2.16. The number of nitrogens with zero attached hydrogens (tertiary/aromatic N) is 2. The highest BCUT2D eigenvalue weighted by atomic mass is 19.4. The van der Waals surface area contributed by atoms with E-state index in [4.69, 9.17) is 14.2 Å². The van der Waals surface area contributed by atoms with Crippen molar-refractivity contribution in [3.8, 4) is 0 Å². The fourth-order valence-corrected chi connectivity index (χ4v) is 3.85. The number of hydrogen-bond donors (Lipinski definition) is 1. The third-order valence-corrected chi connectivity index (χ3v) is 5.05. The third-order valence-electron chi connectivity index (χ3n) is 5.05. The van der Waals surface area contributed by atoms with E-state index in [1.807, 2.05) is 5.32 Å². The summed E-state index contributed by atoms with van der Waals surface area (Å²) in [6.07, 6.45) is -9.73. The van der Waals surface area contributed by atoms with Crippen LogP contribution in [0, 0.1) is 21.8 Å². The Morgan fingerprint density at radius 2 is 2.00 bits per heavy atom. The van der Waals surface area contributed by atoms with Gasteiger partial charge < -0.3 is 14.2 Å². The maximum Gasteiger partial charge on any atom is 0.426 e. The summed E-state index contributed by atoms with van der Waals surface area (Å²) in [6.45, 7) is 5.43. The van der Waals surface area contributed by atoms with Crippen LogP contribution in [0.1, 0.15) is 33.3 Å². The summed E-state index contributed by atoms with van der Waals surface area (Å²) in [5.74, 6) is -2.59. The largest absolute Gasteiger partial charge is 0.451 e. The van der Waals surface area contributed by atoms with Gasteiger partial charge in [0.1, 0.15) is 17.0 Å². The fraction of sp³-hybridized carbons (Fsp3) is 0.579. The van der Waals surface area contributed by atoms with Crippen molar-refractivity contribution in [2.24, 2.45) is 10.9 Å². The molecular formula is C19H21F4N3O6. The summed E-state index contributed by atoms with van der Waals surface area (Å²) in [4.78, 5) is 26.6. The number of nitrogens with one attached hydrogen (secondary N) is 1. The molecule has 3 unspecified atom stereocenters. The van der Waals surface area contributed by atoms with E-state index in [1.54, 1.807) is 0 Å². The van der Waals surface area contributed by atoms with Crippen LogP contribution in [0.2, 0.25) is 0 Å². The Bertz CT molecular complexity index is 961. The number of fused-ring (bicyclic) bond motifs is 1. The van der Waals surface area contributed by atoms with Gasteiger partial charge in [-0.2, -0.15) is 13.2 Å². The average Bonchev–Trinajstić information content (AvgIpc) is 2.96. The fourth-order valence-electron chi connectivity index (χ4n) is 3.85. The second-order valence-electron chi connectivity index (χ2n) is 8.51. The van der Waals surface area contributed by atoms with Crippen molar-refractivity contribution in [3.63, 3.8) is 0 Å². The molecule has 1 aromatic carbocycles. The Hall–Kier alpha value is -2.96. The smallest absolute Gasteiger partial charge is 0.426 e. The minimum Gasteiger partial charge on any atom is -0.451 e. The molecule has 1 N–H and O–H groups in total. The number of carbonyl (C=O) groups excluding carboxylic acids is 1. The minimum atomic E-state index is -4.95. The monoisotopic (exact) mass is 463 g/mol. The van der Waals surface area contributed by atoms with E-state index >= 15 is 0 Å². The Labute approximate surface area is 179 Å². The molecule has 0 aromatic heterocycles. The van der Waals surface area contributed by atoms with E-state index in [2.05, 4.69) is 4.99 Å². The van der Waals surface area contributed by atoms with Gasteiger partial charge in [-0.1, -0.05) is 0 Å². The standard InChI is InChI=1S/C19H21F4N3O6/c1-9-13-14(19(21,22)23)31-15(24-16(27)32-17(2,3)4)25-18(13,8-30-9)11-7-10(26(28)29)5-6-12(11)20/h5-7,9,13-14H,8H2,1-4H3,(H,24,25,27)/t9?,13?,14-,18?/m0/s1. The molecule has 13 heteroatoms. The number of carbonyl (C=O) groups is 1. The van der Waals surface area contributed by atoms with E-state index in [-0.39, 0.29) is 0 Å². The number of amidine groups is 1. The van der Waals surface area contributed by atoms with Crippen molar-refractivity contribution >= 4 is 17.8 Å². The van der Waals surface area contributed by atoms with Crippen molar-refractivity contribution in [1.82, 2.24) is 5.32 Å². The molecule has 1 fully saturated rings. The lowest BCUT2D eigenvalue weighted by Crippen LogP contribution is -2.57. The van der Waals surface area contributed by atoms with Crippen molar-refractivity contribution in [2.75, 3.05) is 6.61 Å². The number of nitro benzene ring substituents is 1. The van der Waals surface area contributed by atoms with Crippen molar-refractivity contribution in [2.45, 2.75) is 57.2 Å². The molecular weight excluding hydrogens is 442 g/mol. The second-order valence-corrected chi connectivity index (χ2v) is 8.51. The number of amides is 1.